The molecule has 1 aromatic carbocycles. The van der Waals surface area contributed by atoms with Crippen LogP contribution in [-0.4, -0.2) is 16.1 Å². The van der Waals surface area contributed by atoms with E-state index in [1.165, 1.54) is 6.08 Å². The molecular formula is C13H11ClN2O3. The first kappa shape index (κ1) is 13.3. The van der Waals surface area contributed by atoms with Crippen molar-refractivity contribution >= 4 is 23.6 Å². The highest BCUT2D eigenvalue weighted by Gasteiger charge is 2.05. The van der Waals surface area contributed by atoms with Gasteiger partial charge in [-0.15, -0.1) is 0 Å². The van der Waals surface area contributed by atoms with Crippen LogP contribution in [0.3, 0.4) is 0 Å². The number of aryl methyl sites for hydroxylation is 1. The summed E-state index contributed by atoms with van der Waals surface area (Å²) in [4.78, 5) is 15.4. The van der Waals surface area contributed by atoms with E-state index in [0.29, 0.717) is 10.8 Å². The molecule has 0 fully saturated rings. The van der Waals surface area contributed by atoms with Gasteiger partial charge in [0.15, 0.2) is 12.4 Å². The molecule has 0 amide bonds. The van der Waals surface area contributed by atoms with Crippen molar-refractivity contribution in [2.24, 2.45) is 0 Å². The van der Waals surface area contributed by atoms with Crippen LogP contribution in [0.25, 0.3) is 6.08 Å². The van der Waals surface area contributed by atoms with Crippen LogP contribution in [-0.2, 0) is 16.1 Å². The van der Waals surface area contributed by atoms with Crippen molar-refractivity contribution in [1.29, 1.82) is 0 Å². The Hall–Kier alpha value is -2.14. The standard InChI is InChI=1S/C13H11ClN2O3/c1-9-15-12(19-16-9)8-18-13(17)7-6-10-4-2-3-5-11(10)14/h2-7H,8H2,1H3/b7-6+. The monoisotopic (exact) mass is 278 g/mol. The van der Waals surface area contributed by atoms with E-state index in [-0.39, 0.29) is 12.5 Å². The van der Waals surface area contributed by atoms with Crippen LogP contribution in [0, 0.1) is 6.92 Å². The molecule has 1 heterocycles. The second-order valence-corrected chi connectivity index (χ2v) is 4.11. The minimum absolute atomic E-state index is 0.0491. The minimum Gasteiger partial charge on any atom is -0.452 e. The number of halogens is 1. The number of benzene rings is 1. The minimum atomic E-state index is -0.504. The molecule has 0 aliphatic heterocycles. The average molecular weight is 279 g/mol. The van der Waals surface area contributed by atoms with Gasteiger partial charge in [-0.05, 0) is 24.6 Å². The lowest BCUT2D eigenvalue weighted by molar-refractivity contribution is -0.139. The van der Waals surface area contributed by atoms with Gasteiger partial charge in [-0.2, -0.15) is 4.98 Å². The number of hydrogen-bond donors (Lipinski definition) is 0. The molecule has 6 heteroatoms. The Labute approximate surface area is 114 Å². The topological polar surface area (TPSA) is 65.2 Å². The highest BCUT2D eigenvalue weighted by molar-refractivity contribution is 6.32. The second-order valence-electron chi connectivity index (χ2n) is 3.70. The summed E-state index contributed by atoms with van der Waals surface area (Å²) in [5, 5.41) is 4.16. The van der Waals surface area contributed by atoms with Gasteiger partial charge in [-0.25, -0.2) is 4.79 Å². The fourth-order valence-electron chi connectivity index (χ4n) is 1.35. The Morgan fingerprint density at radius 3 is 2.95 bits per heavy atom. The summed E-state index contributed by atoms with van der Waals surface area (Å²) < 4.78 is 9.75. The Bertz CT molecular complexity index is 607. The first-order valence-corrected chi connectivity index (χ1v) is 5.91. The van der Waals surface area contributed by atoms with Gasteiger partial charge in [-0.3, -0.25) is 0 Å². The molecule has 0 saturated carbocycles. The molecule has 0 spiro atoms. The van der Waals surface area contributed by atoms with Gasteiger partial charge in [0, 0.05) is 11.1 Å². The molecule has 19 heavy (non-hydrogen) atoms. The number of carbonyl (C=O) groups is 1. The summed E-state index contributed by atoms with van der Waals surface area (Å²) >= 11 is 5.95. The predicted molar refractivity (Wildman–Crippen MR) is 69.3 cm³/mol. The Morgan fingerprint density at radius 2 is 2.26 bits per heavy atom. The normalized spacial score (nSPS) is 10.8. The fourth-order valence-corrected chi connectivity index (χ4v) is 1.55. The largest absolute Gasteiger partial charge is 0.452 e. The Morgan fingerprint density at radius 1 is 1.47 bits per heavy atom. The van der Waals surface area contributed by atoms with E-state index in [1.807, 2.05) is 12.1 Å². The third-order valence-corrected chi connectivity index (χ3v) is 2.56. The molecule has 2 aromatic rings. The van der Waals surface area contributed by atoms with Crippen LogP contribution < -0.4 is 0 Å². The maximum absolute atomic E-state index is 11.5. The summed E-state index contributed by atoms with van der Waals surface area (Å²) in [6.07, 6.45) is 2.88. The van der Waals surface area contributed by atoms with Crippen molar-refractivity contribution in [2.45, 2.75) is 13.5 Å². The number of carbonyl (C=O) groups excluding carboxylic acids is 1. The van der Waals surface area contributed by atoms with Crippen LogP contribution in [0.1, 0.15) is 17.3 Å². The summed E-state index contributed by atoms with van der Waals surface area (Å²) in [6.45, 7) is 1.64. The first-order chi connectivity index (χ1) is 9.15. The van der Waals surface area contributed by atoms with Crippen molar-refractivity contribution < 1.29 is 14.1 Å². The van der Waals surface area contributed by atoms with Crippen molar-refractivity contribution in [1.82, 2.24) is 10.1 Å². The van der Waals surface area contributed by atoms with E-state index in [1.54, 1.807) is 25.1 Å². The number of nitrogens with zero attached hydrogens (tertiary/aromatic N) is 2. The van der Waals surface area contributed by atoms with E-state index >= 15 is 0 Å². The van der Waals surface area contributed by atoms with Crippen LogP contribution in [0.15, 0.2) is 34.9 Å². The van der Waals surface area contributed by atoms with Gasteiger partial charge in [0.05, 0.1) is 0 Å². The molecule has 98 valence electrons. The van der Waals surface area contributed by atoms with Crippen LogP contribution in [0.4, 0.5) is 0 Å². The highest BCUT2D eigenvalue weighted by atomic mass is 35.5. The SMILES string of the molecule is Cc1noc(COC(=O)/C=C/c2ccccc2Cl)n1. The van der Waals surface area contributed by atoms with E-state index in [0.717, 1.165) is 5.56 Å². The van der Waals surface area contributed by atoms with E-state index in [2.05, 4.69) is 10.1 Å². The third-order valence-electron chi connectivity index (χ3n) is 2.21. The number of rotatable bonds is 4. The number of aromatic nitrogens is 2. The van der Waals surface area contributed by atoms with Crippen LogP contribution in [0.5, 0.6) is 0 Å². The first-order valence-electron chi connectivity index (χ1n) is 5.54. The van der Waals surface area contributed by atoms with Crippen molar-refractivity contribution in [2.75, 3.05) is 0 Å². The van der Waals surface area contributed by atoms with Crippen molar-refractivity contribution in [3.05, 3.63) is 52.6 Å². The van der Waals surface area contributed by atoms with Crippen LogP contribution >= 0.6 is 11.6 Å². The molecule has 0 unspecified atom stereocenters. The molecule has 5 nitrogen and oxygen atoms in total. The van der Waals surface area contributed by atoms with E-state index in [9.17, 15) is 4.79 Å². The molecule has 1 aromatic heterocycles. The van der Waals surface area contributed by atoms with E-state index in [4.69, 9.17) is 20.9 Å². The molecule has 2 rings (SSSR count). The third kappa shape index (κ3) is 3.93. The van der Waals surface area contributed by atoms with Crippen molar-refractivity contribution in [3.8, 4) is 0 Å². The number of ether oxygens (including phenoxy) is 1. The summed E-state index contributed by atoms with van der Waals surface area (Å²) in [5.74, 6) is 0.255. The molecule has 0 radical (unpaired) electrons. The fraction of sp³-hybridized carbons (Fsp3) is 0.154. The summed E-state index contributed by atoms with van der Waals surface area (Å²) in [5.41, 5.74) is 0.745. The molecule has 0 aliphatic carbocycles. The Balaban J connectivity index is 1.89. The van der Waals surface area contributed by atoms with Gasteiger partial charge in [0.2, 0.25) is 0 Å². The quantitative estimate of drug-likeness (QED) is 0.635. The number of hydrogen-bond acceptors (Lipinski definition) is 5. The summed E-state index contributed by atoms with van der Waals surface area (Å²) in [7, 11) is 0. The zero-order valence-electron chi connectivity index (χ0n) is 10.2. The smallest absolute Gasteiger partial charge is 0.331 e. The molecule has 0 aliphatic rings. The predicted octanol–water partition coefficient (Wildman–Crippen LogP) is 2.79. The lowest BCUT2D eigenvalue weighted by Crippen LogP contribution is -2.00. The molecule has 0 bridgehead atoms. The van der Waals surface area contributed by atoms with Crippen LogP contribution in [0.2, 0.25) is 5.02 Å². The highest BCUT2D eigenvalue weighted by Crippen LogP contribution is 2.16. The Kier molecular flexibility index (Phi) is 4.30. The summed E-state index contributed by atoms with van der Waals surface area (Å²) in [6, 6.07) is 7.19. The lowest BCUT2D eigenvalue weighted by Gasteiger charge is -1.98. The van der Waals surface area contributed by atoms with Gasteiger partial charge in [0.25, 0.3) is 5.89 Å². The maximum atomic E-state index is 11.5. The van der Waals surface area contributed by atoms with Gasteiger partial charge < -0.3 is 9.26 Å². The second kappa shape index (κ2) is 6.15. The molecule has 0 saturated heterocycles. The zero-order chi connectivity index (χ0) is 13.7. The maximum Gasteiger partial charge on any atom is 0.331 e. The van der Waals surface area contributed by atoms with Gasteiger partial charge >= 0.3 is 5.97 Å². The van der Waals surface area contributed by atoms with E-state index < -0.39 is 5.97 Å². The molecule has 0 N–H and O–H groups in total. The van der Waals surface area contributed by atoms with Gasteiger partial charge in [-0.1, -0.05) is 35.0 Å². The van der Waals surface area contributed by atoms with Crippen molar-refractivity contribution in [3.63, 3.8) is 0 Å². The molecule has 0 atom stereocenters. The van der Waals surface area contributed by atoms with Gasteiger partial charge in [0.1, 0.15) is 0 Å². The number of esters is 1. The average Bonchev–Trinajstić information content (AvgIpc) is 2.81. The molecular weight excluding hydrogens is 268 g/mol. The zero-order valence-corrected chi connectivity index (χ0v) is 10.9. The lowest BCUT2D eigenvalue weighted by atomic mass is 10.2.